The lowest BCUT2D eigenvalue weighted by atomic mass is 10.2. The van der Waals surface area contributed by atoms with E-state index >= 15 is 0 Å². The van der Waals surface area contributed by atoms with Crippen LogP contribution in [0.1, 0.15) is 21.9 Å². The van der Waals surface area contributed by atoms with E-state index in [-0.39, 0.29) is 12.5 Å². The number of nitrogens with one attached hydrogen (secondary N) is 2. The summed E-state index contributed by atoms with van der Waals surface area (Å²) in [6.07, 6.45) is 1.38. The van der Waals surface area contributed by atoms with E-state index in [1.54, 1.807) is 37.3 Å². The molecular formula is C15H14ClN3O3. The van der Waals surface area contributed by atoms with Crippen LogP contribution in [0.3, 0.4) is 0 Å². The van der Waals surface area contributed by atoms with Crippen molar-refractivity contribution in [1.82, 2.24) is 10.7 Å². The zero-order valence-electron chi connectivity index (χ0n) is 11.8. The van der Waals surface area contributed by atoms with Crippen LogP contribution in [0, 0.1) is 6.92 Å². The van der Waals surface area contributed by atoms with Gasteiger partial charge in [-0.3, -0.25) is 9.59 Å². The summed E-state index contributed by atoms with van der Waals surface area (Å²) in [6.45, 7) is 1.61. The number of halogens is 1. The highest BCUT2D eigenvalue weighted by Gasteiger charge is 2.07. The maximum Gasteiger partial charge on any atom is 0.259 e. The predicted octanol–water partition coefficient (Wildman–Crippen LogP) is 2.12. The minimum absolute atomic E-state index is 0.195. The second-order valence-corrected chi connectivity index (χ2v) is 4.87. The van der Waals surface area contributed by atoms with Crippen molar-refractivity contribution >= 4 is 29.6 Å². The monoisotopic (exact) mass is 319 g/mol. The van der Waals surface area contributed by atoms with Crippen LogP contribution in [0.15, 0.2) is 45.9 Å². The maximum absolute atomic E-state index is 11.8. The fourth-order valence-electron chi connectivity index (χ4n) is 1.62. The summed E-state index contributed by atoms with van der Waals surface area (Å²) < 4.78 is 5.25. The molecule has 22 heavy (non-hydrogen) atoms. The number of amides is 2. The first-order chi connectivity index (χ1) is 10.5. The Morgan fingerprint density at radius 1 is 1.32 bits per heavy atom. The van der Waals surface area contributed by atoms with Gasteiger partial charge in [0.05, 0.1) is 12.8 Å². The quantitative estimate of drug-likeness (QED) is 0.654. The molecule has 7 heteroatoms. The molecular weight excluding hydrogens is 306 g/mol. The van der Waals surface area contributed by atoms with Gasteiger partial charge in [-0.25, -0.2) is 5.43 Å². The van der Waals surface area contributed by atoms with Gasteiger partial charge in [-0.05, 0) is 37.3 Å². The summed E-state index contributed by atoms with van der Waals surface area (Å²) in [4.78, 5) is 23.3. The molecule has 0 saturated heterocycles. The van der Waals surface area contributed by atoms with Crippen LogP contribution in [0.25, 0.3) is 0 Å². The van der Waals surface area contributed by atoms with Crippen molar-refractivity contribution in [1.29, 1.82) is 0 Å². The molecule has 2 amide bonds. The van der Waals surface area contributed by atoms with E-state index in [1.165, 1.54) is 12.3 Å². The zero-order chi connectivity index (χ0) is 15.9. The number of carbonyl (C=O) groups is 2. The molecule has 0 saturated carbocycles. The van der Waals surface area contributed by atoms with Crippen LogP contribution >= 0.6 is 11.6 Å². The first-order valence-corrected chi connectivity index (χ1v) is 6.84. The molecule has 0 atom stereocenters. The molecule has 1 heterocycles. The molecule has 1 aromatic heterocycles. The number of benzene rings is 1. The van der Waals surface area contributed by atoms with Crippen LogP contribution in [-0.4, -0.2) is 24.6 Å². The summed E-state index contributed by atoms with van der Waals surface area (Å²) in [5, 5.41) is 6.65. The van der Waals surface area contributed by atoms with Crippen molar-refractivity contribution in [2.45, 2.75) is 6.92 Å². The topological polar surface area (TPSA) is 83.7 Å². The van der Waals surface area contributed by atoms with Crippen LogP contribution in [-0.2, 0) is 4.79 Å². The number of nitrogens with zero attached hydrogens (tertiary/aromatic N) is 1. The third kappa shape index (κ3) is 4.75. The zero-order valence-corrected chi connectivity index (χ0v) is 12.6. The molecule has 0 unspecified atom stereocenters. The van der Waals surface area contributed by atoms with Crippen molar-refractivity contribution in [2.75, 3.05) is 6.54 Å². The second kappa shape index (κ2) is 7.42. The number of hydrazone groups is 1. The number of rotatable bonds is 5. The molecule has 0 radical (unpaired) electrons. The van der Waals surface area contributed by atoms with E-state index in [4.69, 9.17) is 16.0 Å². The number of hydrogen-bond donors (Lipinski definition) is 2. The molecule has 6 nitrogen and oxygen atoms in total. The Hall–Kier alpha value is -2.60. The van der Waals surface area contributed by atoms with E-state index in [1.807, 2.05) is 0 Å². The van der Waals surface area contributed by atoms with Gasteiger partial charge >= 0.3 is 0 Å². The average Bonchev–Trinajstić information content (AvgIpc) is 2.90. The Balaban J connectivity index is 1.78. The fraction of sp³-hybridized carbons (Fsp3) is 0.133. The minimum atomic E-state index is -0.449. The number of hydrogen-bond acceptors (Lipinski definition) is 4. The van der Waals surface area contributed by atoms with Gasteiger partial charge in [0, 0.05) is 10.6 Å². The maximum atomic E-state index is 11.8. The number of aryl methyl sites for hydroxylation is 1. The van der Waals surface area contributed by atoms with Crippen molar-refractivity contribution < 1.29 is 14.0 Å². The van der Waals surface area contributed by atoms with Gasteiger partial charge < -0.3 is 9.73 Å². The summed E-state index contributed by atoms with van der Waals surface area (Å²) in [6, 6.07) is 9.96. The lowest BCUT2D eigenvalue weighted by Gasteiger charge is -2.04. The Labute approximate surface area is 132 Å². The Kier molecular flexibility index (Phi) is 5.32. The SMILES string of the molecule is Cc1ccc(C=NNC(=O)CNC(=O)c2cccc(Cl)c2)o1. The third-order valence-electron chi connectivity index (χ3n) is 2.64. The Morgan fingerprint density at radius 2 is 2.14 bits per heavy atom. The van der Waals surface area contributed by atoms with Crippen molar-refractivity contribution in [3.05, 3.63) is 58.5 Å². The molecule has 0 aliphatic heterocycles. The normalized spacial score (nSPS) is 10.6. The standard InChI is InChI=1S/C15H14ClN3O3/c1-10-5-6-13(22-10)8-18-19-14(20)9-17-15(21)11-3-2-4-12(16)7-11/h2-8H,9H2,1H3,(H,17,21)(H,19,20). The third-order valence-corrected chi connectivity index (χ3v) is 2.87. The van der Waals surface area contributed by atoms with E-state index in [9.17, 15) is 9.59 Å². The lowest BCUT2D eigenvalue weighted by molar-refractivity contribution is -0.120. The molecule has 114 valence electrons. The van der Waals surface area contributed by atoms with Crippen molar-refractivity contribution in [2.24, 2.45) is 5.10 Å². The van der Waals surface area contributed by atoms with Gasteiger partial charge in [0.15, 0.2) is 0 Å². The molecule has 0 aliphatic rings. The summed E-state index contributed by atoms with van der Waals surface area (Å²) in [5.41, 5.74) is 2.67. The molecule has 0 bridgehead atoms. The van der Waals surface area contributed by atoms with Gasteiger partial charge in [0.25, 0.3) is 11.8 Å². The summed E-state index contributed by atoms with van der Waals surface area (Å²) in [5.74, 6) is 0.445. The molecule has 0 fully saturated rings. The average molecular weight is 320 g/mol. The molecule has 2 aromatic rings. The molecule has 2 N–H and O–H groups in total. The molecule has 0 aliphatic carbocycles. The van der Waals surface area contributed by atoms with Crippen LogP contribution in [0.5, 0.6) is 0 Å². The largest absolute Gasteiger partial charge is 0.460 e. The van der Waals surface area contributed by atoms with E-state index in [0.29, 0.717) is 16.3 Å². The highest BCUT2D eigenvalue weighted by atomic mass is 35.5. The van der Waals surface area contributed by atoms with Gasteiger partial charge in [0.1, 0.15) is 11.5 Å². The predicted molar refractivity (Wildman–Crippen MR) is 83.0 cm³/mol. The van der Waals surface area contributed by atoms with Crippen molar-refractivity contribution in [3.63, 3.8) is 0 Å². The molecule has 1 aromatic carbocycles. The van der Waals surface area contributed by atoms with Crippen molar-refractivity contribution in [3.8, 4) is 0 Å². The van der Waals surface area contributed by atoms with Crippen LogP contribution in [0.4, 0.5) is 0 Å². The van der Waals surface area contributed by atoms with E-state index < -0.39 is 5.91 Å². The molecule has 2 rings (SSSR count). The minimum Gasteiger partial charge on any atom is -0.460 e. The number of furan rings is 1. The Bertz CT molecular complexity index is 710. The van der Waals surface area contributed by atoms with Gasteiger partial charge in [-0.2, -0.15) is 5.10 Å². The summed E-state index contributed by atoms with van der Waals surface area (Å²) in [7, 11) is 0. The van der Waals surface area contributed by atoms with Gasteiger partial charge in [0.2, 0.25) is 0 Å². The first-order valence-electron chi connectivity index (χ1n) is 6.47. The highest BCUT2D eigenvalue weighted by Crippen LogP contribution is 2.10. The van der Waals surface area contributed by atoms with Crippen LogP contribution < -0.4 is 10.7 Å². The van der Waals surface area contributed by atoms with Gasteiger partial charge in [-0.1, -0.05) is 17.7 Å². The summed E-state index contributed by atoms with van der Waals surface area (Å²) >= 11 is 5.79. The first kappa shape index (κ1) is 15.8. The van der Waals surface area contributed by atoms with Crippen LogP contribution in [0.2, 0.25) is 5.02 Å². The smallest absolute Gasteiger partial charge is 0.259 e. The molecule has 0 spiro atoms. The number of carbonyl (C=O) groups excluding carboxylic acids is 2. The fourth-order valence-corrected chi connectivity index (χ4v) is 1.81. The second-order valence-electron chi connectivity index (χ2n) is 4.43. The lowest BCUT2D eigenvalue weighted by Crippen LogP contribution is -2.34. The van der Waals surface area contributed by atoms with E-state index in [0.717, 1.165) is 5.76 Å². The Morgan fingerprint density at radius 3 is 2.82 bits per heavy atom. The van der Waals surface area contributed by atoms with E-state index in [2.05, 4.69) is 15.8 Å². The highest BCUT2D eigenvalue weighted by molar-refractivity contribution is 6.30. The van der Waals surface area contributed by atoms with Gasteiger partial charge in [-0.15, -0.1) is 0 Å².